The minimum Gasteiger partial charge on any atom is -0.504 e. The Morgan fingerprint density at radius 2 is 1.90 bits per heavy atom. The molecule has 0 saturated carbocycles. The van der Waals surface area contributed by atoms with Gasteiger partial charge >= 0.3 is 0 Å². The van der Waals surface area contributed by atoms with Crippen molar-refractivity contribution in [2.75, 3.05) is 6.61 Å². The van der Waals surface area contributed by atoms with E-state index in [2.05, 4.69) is 31.9 Å². The topological polar surface area (TPSA) is 66.8 Å². The molecule has 5 nitrogen and oxygen atoms in total. The SMILES string of the molecule is CCOc1cc(Br)c(Br)c(/C=C2\SC(=O)N(Cc3c(Cl)cccc3Cl)C2=O)c1O. The Hall–Kier alpha value is -1.19. The van der Waals surface area contributed by atoms with Crippen LogP contribution in [0.1, 0.15) is 18.1 Å². The van der Waals surface area contributed by atoms with Crippen LogP contribution in [0.15, 0.2) is 38.1 Å². The Labute approximate surface area is 198 Å². The number of carbonyl (C=O) groups excluding carboxylic acids is 2. The molecule has 3 rings (SSSR count). The van der Waals surface area contributed by atoms with Gasteiger partial charge in [-0.3, -0.25) is 14.5 Å². The highest BCUT2D eigenvalue weighted by Gasteiger charge is 2.36. The molecule has 2 aromatic rings. The third kappa shape index (κ3) is 4.61. The van der Waals surface area contributed by atoms with Gasteiger partial charge in [-0.15, -0.1) is 0 Å². The van der Waals surface area contributed by atoms with Gasteiger partial charge in [0.15, 0.2) is 11.5 Å². The molecule has 2 aromatic carbocycles. The summed E-state index contributed by atoms with van der Waals surface area (Å²) >= 11 is 19.9. The van der Waals surface area contributed by atoms with Crippen LogP contribution < -0.4 is 4.74 Å². The predicted octanol–water partition coefficient (Wildman–Crippen LogP) is 6.86. The maximum Gasteiger partial charge on any atom is 0.293 e. The van der Waals surface area contributed by atoms with Gasteiger partial charge in [0, 0.05) is 30.1 Å². The Morgan fingerprint density at radius 1 is 1.24 bits per heavy atom. The summed E-state index contributed by atoms with van der Waals surface area (Å²) in [6.45, 7) is 2.10. The molecule has 1 aliphatic heterocycles. The highest BCUT2D eigenvalue weighted by Crippen LogP contribution is 2.44. The van der Waals surface area contributed by atoms with Crippen molar-refractivity contribution >= 4 is 84.0 Å². The maximum absolute atomic E-state index is 12.9. The number of thioether (sulfide) groups is 1. The second-order valence-corrected chi connectivity index (χ2v) is 9.29. The van der Waals surface area contributed by atoms with Crippen molar-refractivity contribution in [3.8, 4) is 11.5 Å². The van der Waals surface area contributed by atoms with E-state index in [1.54, 1.807) is 31.2 Å². The number of hydrogen-bond donors (Lipinski definition) is 1. The number of amides is 2. The number of imide groups is 1. The fourth-order valence-corrected chi connectivity index (χ4v) is 4.79. The normalized spacial score (nSPS) is 15.5. The maximum atomic E-state index is 12.9. The Kier molecular flexibility index (Phi) is 7.22. The van der Waals surface area contributed by atoms with Crippen LogP contribution in [0.25, 0.3) is 6.08 Å². The van der Waals surface area contributed by atoms with Gasteiger partial charge in [-0.2, -0.15) is 0 Å². The second kappa shape index (κ2) is 9.31. The van der Waals surface area contributed by atoms with Crippen LogP contribution in [0.5, 0.6) is 11.5 Å². The fourth-order valence-electron chi connectivity index (χ4n) is 2.62. The van der Waals surface area contributed by atoms with Crippen molar-refractivity contribution in [1.29, 1.82) is 0 Å². The van der Waals surface area contributed by atoms with Crippen LogP contribution in [0.4, 0.5) is 4.79 Å². The minimum absolute atomic E-state index is 0.0453. The number of carbonyl (C=O) groups is 2. The van der Waals surface area contributed by atoms with E-state index in [1.807, 2.05) is 0 Å². The molecule has 0 bridgehead atoms. The zero-order chi connectivity index (χ0) is 21.3. The van der Waals surface area contributed by atoms with Crippen LogP contribution in [0, 0.1) is 0 Å². The van der Waals surface area contributed by atoms with E-state index in [1.165, 1.54) is 6.08 Å². The molecular formula is C19H13Br2Cl2NO4S. The molecule has 1 N–H and O–H groups in total. The quantitative estimate of drug-likeness (QED) is 0.391. The largest absolute Gasteiger partial charge is 0.504 e. The highest BCUT2D eigenvalue weighted by atomic mass is 79.9. The first-order valence-corrected chi connectivity index (χ1v) is 11.4. The lowest BCUT2D eigenvalue weighted by atomic mass is 10.1. The molecule has 0 radical (unpaired) electrons. The van der Waals surface area contributed by atoms with Crippen LogP contribution in [0.3, 0.4) is 0 Å². The number of halogens is 4. The molecule has 29 heavy (non-hydrogen) atoms. The average molecular weight is 582 g/mol. The lowest BCUT2D eigenvalue weighted by Crippen LogP contribution is -2.27. The van der Waals surface area contributed by atoms with Gasteiger partial charge < -0.3 is 9.84 Å². The van der Waals surface area contributed by atoms with Crippen LogP contribution in [-0.2, 0) is 11.3 Å². The number of hydrogen-bond acceptors (Lipinski definition) is 5. The van der Waals surface area contributed by atoms with E-state index < -0.39 is 11.1 Å². The van der Waals surface area contributed by atoms with Crippen molar-refractivity contribution in [3.63, 3.8) is 0 Å². The minimum atomic E-state index is -0.500. The first kappa shape index (κ1) is 22.5. The fraction of sp³-hybridized carbons (Fsp3) is 0.158. The number of benzene rings is 2. The van der Waals surface area contributed by atoms with Crippen LogP contribution in [0.2, 0.25) is 10.0 Å². The van der Waals surface area contributed by atoms with E-state index >= 15 is 0 Å². The zero-order valence-electron chi connectivity index (χ0n) is 14.8. The second-order valence-electron chi connectivity index (χ2n) is 5.83. The average Bonchev–Trinajstić information content (AvgIpc) is 2.93. The number of nitrogens with zero attached hydrogens (tertiary/aromatic N) is 1. The summed E-state index contributed by atoms with van der Waals surface area (Å²) in [4.78, 5) is 26.5. The molecule has 152 valence electrons. The third-order valence-corrected chi connectivity index (χ3v) is 7.65. The molecule has 0 aliphatic carbocycles. The monoisotopic (exact) mass is 579 g/mol. The molecule has 0 aromatic heterocycles. The highest BCUT2D eigenvalue weighted by molar-refractivity contribution is 9.13. The molecule has 10 heteroatoms. The summed E-state index contributed by atoms with van der Waals surface area (Å²) < 4.78 is 6.58. The Balaban J connectivity index is 1.97. The van der Waals surface area contributed by atoms with Crippen molar-refractivity contribution in [3.05, 3.63) is 59.3 Å². The summed E-state index contributed by atoms with van der Waals surface area (Å²) in [6, 6.07) is 6.59. The smallest absolute Gasteiger partial charge is 0.293 e. The van der Waals surface area contributed by atoms with E-state index in [4.69, 9.17) is 27.9 Å². The van der Waals surface area contributed by atoms with E-state index in [9.17, 15) is 14.7 Å². The van der Waals surface area contributed by atoms with E-state index in [0.717, 1.165) is 16.7 Å². The molecule has 1 aliphatic rings. The van der Waals surface area contributed by atoms with Crippen molar-refractivity contribution in [2.45, 2.75) is 13.5 Å². The van der Waals surface area contributed by atoms with Gasteiger partial charge in [-0.05, 0) is 74.8 Å². The van der Waals surface area contributed by atoms with Gasteiger partial charge in [0.1, 0.15) is 0 Å². The lowest BCUT2D eigenvalue weighted by Gasteiger charge is -2.15. The molecule has 1 heterocycles. The Morgan fingerprint density at radius 3 is 2.52 bits per heavy atom. The first-order chi connectivity index (χ1) is 13.7. The van der Waals surface area contributed by atoms with Gasteiger partial charge in [-0.1, -0.05) is 29.3 Å². The van der Waals surface area contributed by atoms with Crippen molar-refractivity contribution in [1.82, 2.24) is 4.90 Å². The predicted molar refractivity (Wildman–Crippen MR) is 123 cm³/mol. The van der Waals surface area contributed by atoms with Crippen LogP contribution >= 0.6 is 66.8 Å². The zero-order valence-corrected chi connectivity index (χ0v) is 20.3. The lowest BCUT2D eigenvalue weighted by molar-refractivity contribution is -0.123. The standard InChI is InChI=1S/C19H13Br2Cl2NO4S/c1-2-28-14-7-11(20)16(21)9(17(14)25)6-15-18(26)24(19(27)29-15)8-10-12(22)4-3-5-13(10)23/h3-7,25H,2,8H2,1H3/b15-6-. The number of ether oxygens (including phenoxy) is 1. The summed E-state index contributed by atoms with van der Waals surface area (Å²) in [5.74, 6) is -0.376. The molecular weight excluding hydrogens is 569 g/mol. The molecule has 2 amide bonds. The van der Waals surface area contributed by atoms with Gasteiger partial charge in [-0.25, -0.2) is 0 Å². The van der Waals surface area contributed by atoms with E-state index in [-0.39, 0.29) is 22.9 Å². The Bertz CT molecular complexity index is 1030. The number of phenols is 1. The molecule has 1 saturated heterocycles. The molecule has 1 fully saturated rings. The molecule has 0 spiro atoms. The summed E-state index contributed by atoms with van der Waals surface area (Å²) in [5.41, 5.74) is 0.814. The molecule has 0 atom stereocenters. The van der Waals surface area contributed by atoms with Crippen molar-refractivity contribution < 1.29 is 19.4 Å². The van der Waals surface area contributed by atoms with E-state index in [0.29, 0.717) is 36.7 Å². The van der Waals surface area contributed by atoms with Gasteiger partial charge in [0.05, 0.1) is 18.1 Å². The summed E-state index contributed by atoms with van der Waals surface area (Å²) in [7, 11) is 0. The molecule has 0 unspecified atom stereocenters. The third-order valence-electron chi connectivity index (χ3n) is 4.02. The van der Waals surface area contributed by atoms with Crippen molar-refractivity contribution in [2.24, 2.45) is 0 Å². The summed E-state index contributed by atoms with van der Waals surface area (Å²) in [6.07, 6.45) is 1.45. The van der Waals surface area contributed by atoms with Gasteiger partial charge in [0.25, 0.3) is 11.1 Å². The van der Waals surface area contributed by atoms with Gasteiger partial charge in [0.2, 0.25) is 0 Å². The number of phenolic OH excluding ortho intramolecular Hbond substituents is 1. The number of rotatable bonds is 5. The first-order valence-electron chi connectivity index (χ1n) is 8.26. The van der Waals surface area contributed by atoms with Crippen LogP contribution in [-0.4, -0.2) is 27.8 Å². The summed E-state index contributed by atoms with van der Waals surface area (Å²) in [5, 5.41) is 10.8. The number of aromatic hydroxyl groups is 1.